The van der Waals surface area contributed by atoms with Crippen LogP contribution in [-0.2, 0) is 7.05 Å². The largest absolute Gasteiger partial charge is 0.319 e. The first-order valence-electron chi connectivity index (χ1n) is 5.54. The molecular weight excluding hydrogens is 216 g/mol. The molecule has 17 heavy (non-hydrogen) atoms. The summed E-state index contributed by atoms with van der Waals surface area (Å²) >= 11 is 0. The molecule has 0 aromatic carbocycles. The number of hydrogen-bond donors (Lipinski definition) is 1. The maximum Gasteiger partial charge on any atom is 0.149 e. The van der Waals surface area contributed by atoms with Crippen LogP contribution in [0.5, 0.6) is 0 Å². The topological polar surface area (TPSA) is 68.5 Å². The van der Waals surface area contributed by atoms with Gasteiger partial charge in [-0.2, -0.15) is 0 Å². The van der Waals surface area contributed by atoms with E-state index in [1.54, 1.807) is 24.9 Å². The molecule has 2 aromatic rings. The van der Waals surface area contributed by atoms with Gasteiger partial charge in [0, 0.05) is 31.7 Å². The van der Waals surface area contributed by atoms with Crippen molar-refractivity contribution in [2.24, 2.45) is 7.05 Å². The fraction of sp³-hybridized carbons (Fsp3) is 0.455. The van der Waals surface area contributed by atoms with Gasteiger partial charge in [-0.15, -0.1) is 10.2 Å². The van der Waals surface area contributed by atoms with E-state index in [1.165, 1.54) is 0 Å². The van der Waals surface area contributed by atoms with Gasteiger partial charge in [0.25, 0.3) is 0 Å². The Morgan fingerprint density at radius 1 is 1.24 bits per heavy atom. The lowest BCUT2D eigenvalue weighted by molar-refractivity contribution is 0.458. The monoisotopic (exact) mass is 232 g/mol. The van der Waals surface area contributed by atoms with Crippen molar-refractivity contribution in [2.45, 2.75) is 25.9 Å². The molecule has 0 amide bonds. The van der Waals surface area contributed by atoms with Crippen LogP contribution in [0.4, 0.5) is 0 Å². The second-order valence-corrected chi connectivity index (χ2v) is 4.04. The fourth-order valence-corrected chi connectivity index (χ4v) is 1.75. The molecule has 2 heterocycles. The smallest absolute Gasteiger partial charge is 0.149 e. The van der Waals surface area contributed by atoms with Crippen LogP contribution in [0, 0.1) is 0 Å². The Kier molecular flexibility index (Phi) is 3.43. The van der Waals surface area contributed by atoms with Gasteiger partial charge in [0.15, 0.2) is 0 Å². The molecule has 1 N–H and O–H groups in total. The molecular formula is C11H16N6. The van der Waals surface area contributed by atoms with Gasteiger partial charge in [0.05, 0.1) is 11.7 Å². The average Bonchev–Trinajstić information content (AvgIpc) is 2.76. The zero-order valence-electron chi connectivity index (χ0n) is 10.2. The third kappa shape index (κ3) is 2.65. The van der Waals surface area contributed by atoms with Gasteiger partial charge >= 0.3 is 0 Å². The first kappa shape index (κ1) is 11.7. The first-order chi connectivity index (χ1) is 8.18. The Morgan fingerprint density at radius 3 is 2.65 bits per heavy atom. The minimum atomic E-state index is 0.111. The SMILES string of the molecule is CC(NC(C)c1nncn1C)c1cnccn1. The average molecular weight is 232 g/mol. The molecule has 2 unspecified atom stereocenters. The number of aryl methyl sites for hydroxylation is 1. The summed E-state index contributed by atoms with van der Waals surface area (Å²) < 4.78 is 1.90. The van der Waals surface area contributed by atoms with Crippen molar-refractivity contribution in [3.63, 3.8) is 0 Å². The standard InChI is InChI=1S/C11H16N6/c1-8(10-6-12-4-5-13-10)15-9(2)11-16-14-7-17(11)3/h4-9,15H,1-3H3. The van der Waals surface area contributed by atoms with Crippen molar-refractivity contribution in [3.8, 4) is 0 Å². The molecule has 0 aliphatic carbocycles. The Hall–Kier alpha value is -1.82. The Morgan fingerprint density at radius 2 is 2.06 bits per heavy atom. The fourth-order valence-electron chi connectivity index (χ4n) is 1.75. The second kappa shape index (κ2) is 5.01. The summed E-state index contributed by atoms with van der Waals surface area (Å²) in [5, 5.41) is 11.4. The predicted octanol–water partition coefficient (Wildman–Crippen LogP) is 1.02. The summed E-state index contributed by atoms with van der Waals surface area (Å²) in [5.41, 5.74) is 0.918. The Bertz CT molecular complexity index is 466. The van der Waals surface area contributed by atoms with Crippen LogP contribution >= 0.6 is 0 Å². The van der Waals surface area contributed by atoms with Crippen molar-refractivity contribution < 1.29 is 0 Å². The van der Waals surface area contributed by atoms with Crippen LogP contribution in [0.2, 0.25) is 0 Å². The number of rotatable bonds is 4. The Balaban J connectivity index is 2.05. The van der Waals surface area contributed by atoms with Crippen LogP contribution in [0.15, 0.2) is 24.9 Å². The lowest BCUT2D eigenvalue weighted by atomic mass is 10.2. The highest BCUT2D eigenvalue weighted by Gasteiger charge is 2.15. The highest BCUT2D eigenvalue weighted by molar-refractivity contribution is 5.03. The van der Waals surface area contributed by atoms with E-state index in [0.717, 1.165) is 11.5 Å². The molecule has 6 nitrogen and oxygen atoms in total. The van der Waals surface area contributed by atoms with Crippen LogP contribution in [0.3, 0.4) is 0 Å². The molecule has 2 rings (SSSR count). The molecule has 0 saturated carbocycles. The summed E-state index contributed by atoms with van der Waals surface area (Å²) in [4.78, 5) is 8.33. The highest BCUT2D eigenvalue weighted by Crippen LogP contribution is 2.14. The number of hydrogen-bond acceptors (Lipinski definition) is 5. The second-order valence-electron chi connectivity index (χ2n) is 4.04. The van der Waals surface area contributed by atoms with Gasteiger partial charge in [-0.25, -0.2) is 0 Å². The zero-order chi connectivity index (χ0) is 12.3. The Labute approximate surface area is 100 Å². The number of nitrogens with one attached hydrogen (secondary N) is 1. The van der Waals surface area contributed by atoms with Gasteiger partial charge in [-0.3, -0.25) is 15.3 Å². The van der Waals surface area contributed by atoms with Crippen LogP contribution in [-0.4, -0.2) is 24.7 Å². The molecule has 2 atom stereocenters. The van der Waals surface area contributed by atoms with Gasteiger partial charge < -0.3 is 4.57 Å². The molecule has 0 aliphatic heterocycles. The van der Waals surface area contributed by atoms with E-state index in [0.29, 0.717) is 0 Å². The van der Waals surface area contributed by atoms with E-state index < -0.39 is 0 Å². The van der Waals surface area contributed by atoms with Gasteiger partial charge in [-0.1, -0.05) is 0 Å². The molecule has 6 heteroatoms. The molecule has 0 fully saturated rings. The predicted molar refractivity (Wildman–Crippen MR) is 63.0 cm³/mol. The molecule has 0 bridgehead atoms. The van der Waals surface area contributed by atoms with Crippen molar-refractivity contribution in [1.82, 2.24) is 30.0 Å². The molecule has 0 aliphatic rings. The molecule has 0 radical (unpaired) electrons. The lowest BCUT2D eigenvalue weighted by Gasteiger charge is -2.18. The van der Waals surface area contributed by atoms with Crippen molar-refractivity contribution in [2.75, 3.05) is 0 Å². The summed E-state index contributed by atoms with van der Waals surface area (Å²) in [6.45, 7) is 4.10. The molecule has 90 valence electrons. The van der Waals surface area contributed by atoms with Crippen LogP contribution in [0.1, 0.15) is 37.4 Å². The van der Waals surface area contributed by atoms with Crippen LogP contribution in [0.25, 0.3) is 0 Å². The zero-order valence-corrected chi connectivity index (χ0v) is 10.2. The van der Waals surface area contributed by atoms with Crippen LogP contribution < -0.4 is 5.32 Å². The number of aromatic nitrogens is 5. The van der Waals surface area contributed by atoms with E-state index in [-0.39, 0.29) is 12.1 Å². The van der Waals surface area contributed by atoms with Crippen molar-refractivity contribution in [3.05, 3.63) is 36.4 Å². The number of nitrogens with zero attached hydrogens (tertiary/aromatic N) is 5. The van der Waals surface area contributed by atoms with Gasteiger partial charge in [0.1, 0.15) is 12.2 Å². The summed E-state index contributed by atoms with van der Waals surface area (Å²) in [7, 11) is 1.93. The summed E-state index contributed by atoms with van der Waals surface area (Å²) in [5.74, 6) is 0.903. The highest BCUT2D eigenvalue weighted by atomic mass is 15.3. The van der Waals surface area contributed by atoms with Gasteiger partial charge in [-0.05, 0) is 13.8 Å². The minimum Gasteiger partial charge on any atom is -0.319 e. The first-order valence-corrected chi connectivity index (χ1v) is 5.54. The summed E-state index contributed by atoms with van der Waals surface area (Å²) in [6.07, 6.45) is 6.82. The van der Waals surface area contributed by atoms with E-state index in [2.05, 4.69) is 39.3 Å². The normalized spacial score (nSPS) is 14.5. The van der Waals surface area contributed by atoms with E-state index >= 15 is 0 Å². The van der Waals surface area contributed by atoms with Crippen molar-refractivity contribution >= 4 is 0 Å². The molecule has 2 aromatic heterocycles. The van der Waals surface area contributed by atoms with Crippen molar-refractivity contribution in [1.29, 1.82) is 0 Å². The lowest BCUT2D eigenvalue weighted by Crippen LogP contribution is -2.25. The third-order valence-electron chi connectivity index (χ3n) is 2.66. The summed E-state index contributed by atoms with van der Waals surface area (Å²) in [6, 6.07) is 0.231. The van der Waals surface area contributed by atoms with E-state index in [9.17, 15) is 0 Å². The van der Waals surface area contributed by atoms with E-state index in [4.69, 9.17) is 0 Å². The maximum atomic E-state index is 4.27. The molecule has 0 saturated heterocycles. The molecule has 0 spiro atoms. The minimum absolute atomic E-state index is 0.111. The van der Waals surface area contributed by atoms with E-state index in [1.807, 2.05) is 11.6 Å². The quantitative estimate of drug-likeness (QED) is 0.852. The third-order valence-corrected chi connectivity index (χ3v) is 2.66. The maximum absolute atomic E-state index is 4.27. The van der Waals surface area contributed by atoms with Gasteiger partial charge in [0.2, 0.25) is 0 Å².